The maximum Gasteiger partial charge on any atom is 0.269 e. The van der Waals surface area contributed by atoms with Crippen LogP contribution in [0.3, 0.4) is 0 Å². The lowest BCUT2D eigenvalue weighted by Gasteiger charge is -2.07. The molecule has 6 nitrogen and oxygen atoms in total. The largest absolute Gasteiger partial charge is 0.380 e. The lowest BCUT2D eigenvalue weighted by Crippen LogP contribution is -2.26. The standard InChI is InChI=1S/C13H17ClN2O4/c1-10-9-11(16(18)19)3-4-12(10)13(17)15-6-2-7-20-8-5-14/h3-4,9H,2,5-8H2,1H3,(H,15,17). The topological polar surface area (TPSA) is 81.5 Å². The number of benzene rings is 1. The number of nitro benzene ring substituents is 1. The van der Waals surface area contributed by atoms with Gasteiger partial charge in [-0.25, -0.2) is 0 Å². The molecular formula is C13H17ClN2O4. The van der Waals surface area contributed by atoms with Gasteiger partial charge < -0.3 is 10.1 Å². The fraction of sp³-hybridized carbons (Fsp3) is 0.462. The number of halogens is 1. The van der Waals surface area contributed by atoms with Crippen LogP contribution in [-0.2, 0) is 4.74 Å². The molecule has 0 fully saturated rings. The van der Waals surface area contributed by atoms with Gasteiger partial charge in [-0.2, -0.15) is 0 Å². The summed E-state index contributed by atoms with van der Waals surface area (Å²) in [6.07, 6.45) is 0.689. The highest BCUT2D eigenvalue weighted by Gasteiger charge is 2.12. The molecule has 1 aromatic rings. The van der Waals surface area contributed by atoms with E-state index in [2.05, 4.69) is 5.32 Å². The molecular weight excluding hydrogens is 284 g/mol. The Morgan fingerprint density at radius 2 is 2.20 bits per heavy atom. The second-order valence-corrected chi connectivity index (χ2v) is 4.55. The van der Waals surface area contributed by atoms with E-state index in [0.29, 0.717) is 43.2 Å². The van der Waals surface area contributed by atoms with Crippen LogP contribution in [0.1, 0.15) is 22.3 Å². The van der Waals surface area contributed by atoms with Crippen LogP contribution in [0.2, 0.25) is 0 Å². The third-order valence-corrected chi connectivity index (χ3v) is 2.79. The minimum atomic E-state index is -0.483. The Balaban J connectivity index is 2.45. The predicted molar refractivity (Wildman–Crippen MR) is 76.3 cm³/mol. The molecule has 7 heteroatoms. The normalized spacial score (nSPS) is 10.3. The van der Waals surface area contributed by atoms with Gasteiger partial charge in [-0.1, -0.05) is 0 Å². The first kappa shape index (κ1) is 16.4. The Kier molecular flexibility index (Phi) is 6.97. The van der Waals surface area contributed by atoms with E-state index in [1.165, 1.54) is 18.2 Å². The third kappa shape index (κ3) is 5.14. The first-order valence-corrected chi connectivity index (χ1v) is 6.76. The van der Waals surface area contributed by atoms with Gasteiger partial charge in [0.25, 0.3) is 11.6 Å². The highest BCUT2D eigenvalue weighted by Crippen LogP contribution is 2.16. The van der Waals surface area contributed by atoms with E-state index in [-0.39, 0.29) is 11.6 Å². The molecule has 0 aliphatic rings. The van der Waals surface area contributed by atoms with Crippen LogP contribution in [0.15, 0.2) is 18.2 Å². The van der Waals surface area contributed by atoms with Crippen molar-refractivity contribution in [2.24, 2.45) is 0 Å². The molecule has 110 valence electrons. The highest BCUT2D eigenvalue weighted by molar-refractivity contribution is 6.17. The van der Waals surface area contributed by atoms with Crippen molar-refractivity contribution in [3.05, 3.63) is 39.4 Å². The zero-order valence-electron chi connectivity index (χ0n) is 11.2. The molecule has 0 aromatic heterocycles. The van der Waals surface area contributed by atoms with Gasteiger partial charge in [0.05, 0.1) is 11.5 Å². The van der Waals surface area contributed by atoms with E-state index in [0.717, 1.165) is 0 Å². The first-order valence-electron chi connectivity index (χ1n) is 6.23. The predicted octanol–water partition coefficient (Wildman–Crippen LogP) is 2.28. The minimum Gasteiger partial charge on any atom is -0.380 e. The molecule has 0 saturated heterocycles. The van der Waals surface area contributed by atoms with Crippen molar-refractivity contribution in [1.82, 2.24) is 5.32 Å². The fourth-order valence-electron chi connectivity index (χ4n) is 1.64. The second-order valence-electron chi connectivity index (χ2n) is 4.17. The average molecular weight is 301 g/mol. The number of ether oxygens (including phenoxy) is 1. The van der Waals surface area contributed by atoms with E-state index in [4.69, 9.17) is 16.3 Å². The van der Waals surface area contributed by atoms with E-state index in [9.17, 15) is 14.9 Å². The van der Waals surface area contributed by atoms with Crippen LogP contribution < -0.4 is 5.32 Å². The Morgan fingerprint density at radius 3 is 2.80 bits per heavy atom. The molecule has 0 bridgehead atoms. The van der Waals surface area contributed by atoms with Gasteiger partial charge in [0, 0.05) is 36.7 Å². The summed E-state index contributed by atoms with van der Waals surface area (Å²) < 4.78 is 5.18. The van der Waals surface area contributed by atoms with E-state index < -0.39 is 4.92 Å². The number of alkyl halides is 1. The molecule has 20 heavy (non-hydrogen) atoms. The quantitative estimate of drug-likeness (QED) is 0.345. The van der Waals surface area contributed by atoms with Crippen LogP contribution in [0.25, 0.3) is 0 Å². The SMILES string of the molecule is Cc1cc([N+](=O)[O-])ccc1C(=O)NCCCOCCCl. The average Bonchev–Trinajstić information content (AvgIpc) is 2.42. The number of carbonyl (C=O) groups excluding carboxylic acids is 1. The highest BCUT2D eigenvalue weighted by atomic mass is 35.5. The Morgan fingerprint density at radius 1 is 1.45 bits per heavy atom. The van der Waals surface area contributed by atoms with Gasteiger partial charge in [-0.3, -0.25) is 14.9 Å². The molecule has 0 heterocycles. The summed E-state index contributed by atoms with van der Waals surface area (Å²) in [5, 5.41) is 13.4. The number of non-ortho nitro benzene ring substituents is 1. The number of hydrogen-bond donors (Lipinski definition) is 1. The van der Waals surface area contributed by atoms with Crippen LogP contribution in [0.5, 0.6) is 0 Å². The summed E-state index contributed by atoms with van der Waals surface area (Å²) in [7, 11) is 0. The number of aryl methyl sites for hydroxylation is 1. The molecule has 0 radical (unpaired) electrons. The van der Waals surface area contributed by atoms with Crippen molar-refractivity contribution in [1.29, 1.82) is 0 Å². The third-order valence-electron chi connectivity index (χ3n) is 2.64. The smallest absolute Gasteiger partial charge is 0.269 e. The maximum absolute atomic E-state index is 11.9. The zero-order valence-corrected chi connectivity index (χ0v) is 12.0. The molecule has 0 unspecified atom stereocenters. The molecule has 0 spiro atoms. The number of carbonyl (C=O) groups is 1. The van der Waals surface area contributed by atoms with Gasteiger partial charge in [0.15, 0.2) is 0 Å². The second kappa shape index (κ2) is 8.50. The number of nitrogens with zero attached hydrogens (tertiary/aromatic N) is 1. The van der Waals surface area contributed by atoms with E-state index in [1.54, 1.807) is 6.92 Å². The summed E-state index contributed by atoms with van der Waals surface area (Å²) in [6, 6.07) is 4.18. The molecule has 1 rings (SSSR count). The van der Waals surface area contributed by atoms with Crippen molar-refractivity contribution in [2.75, 3.05) is 25.6 Å². The minimum absolute atomic E-state index is 0.0199. The summed E-state index contributed by atoms with van der Waals surface area (Å²) in [5.74, 6) is 0.212. The van der Waals surface area contributed by atoms with Crippen molar-refractivity contribution >= 4 is 23.2 Å². The monoisotopic (exact) mass is 300 g/mol. The molecule has 1 amide bonds. The van der Waals surface area contributed by atoms with Gasteiger partial charge in [-0.05, 0) is 25.0 Å². The van der Waals surface area contributed by atoms with Crippen LogP contribution in [0.4, 0.5) is 5.69 Å². The van der Waals surface area contributed by atoms with Crippen molar-refractivity contribution in [3.63, 3.8) is 0 Å². The number of rotatable bonds is 8. The van der Waals surface area contributed by atoms with E-state index >= 15 is 0 Å². The van der Waals surface area contributed by atoms with Crippen molar-refractivity contribution in [3.8, 4) is 0 Å². The Hall–Kier alpha value is -1.66. The van der Waals surface area contributed by atoms with Gasteiger partial charge >= 0.3 is 0 Å². The number of amides is 1. The molecule has 1 aromatic carbocycles. The molecule has 0 atom stereocenters. The summed E-state index contributed by atoms with van der Waals surface area (Å²) in [4.78, 5) is 22.0. The fourth-order valence-corrected chi connectivity index (χ4v) is 1.75. The maximum atomic E-state index is 11.9. The van der Waals surface area contributed by atoms with Crippen LogP contribution >= 0.6 is 11.6 Å². The van der Waals surface area contributed by atoms with Gasteiger partial charge in [-0.15, -0.1) is 11.6 Å². The zero-order chi connectivity index (χ0) is 15.0. The van der Waals surface area contributed by atoms with Gasteiger partial charge in [0.1, 0.15) is 0 Å². The van der Waals surface area contributed by atoms with Crippen molar-refractivity contribution in [2.45, 2.75) is 13.3 Å². The van der Waals surface area contributed by atoms with Crippen LogP contribution in [0, 0.1) is 17.0 Å². The summed E-state index contributed by atoms with van der Waals surface area (Å²) >= 11 is 5.45. The van der Waals surface area contributed by atoms with Gasteiger partial charge in [0.2, 0.25) is 0 Å². The van der Waals surface area contributed by atoms with E-state index in [1.807, 2.05) is 0 Å². The Bertz CT molecular complexity index is 479. The number of nitro groups is 1. The molecule has 0 saturated carbocycles. The lowest BCUT2D eigenvalue weighted by atomic mass is 10.1. The molecule has 0 aliphatic carbocycles. The molecule has 0 aliphatic heterocycles. The number of nitrogens with one attached hydrogen (secondary N) is 1. The summed E-state index contributed by atoms with van der Waals surface area (Å²) in [5.41, 5.74) is 1.00. The van der Waals surface area contributed by atoms with Crippen molar-refractivity contribution < 1.29 is 14.5 Å². The lowest BCUT2D eigenvalue weighted by molar-refractivity contribution is -0.384. The Labute approximate surface area is 122 Å². The molecule has 1 N–H and O–H groups in total. The van der Waals surface area contributed by atoms with Crippen LogP contribution in [-0.4, -0.2) is 36.5 Å². The first-order chi connectivity index (χ1) is 9.56. The number of hydrogen-bond acceptors (Lipinski definition) is 4. The summed E-state index contributed by atoms with van der Waals surface area (Å²) in [6.45, 7) is 3.19.